The number of aryl methyl sites for hydroxylation is 1. The molecule has 1 atom stereocenters. The number of likely N-dealkylation sites (tertiary alicyclic amines) is 1. The molecule has 10 heteroatoms. The maximum atomic E-state index is 10.1. The van der Waals surface area contributed by atoms with Gasteiger partial charge in [0, 0.05) is 53.9 Å². The summed E-state index contributed by atoms with van der Waals surface area (Å²) in [6.45, 7) is 10.4. The molecule has 1 aromatic carbocycles. The molecule has 41 heavy (non-hydrogen) atoms. The quantitative estimate of drug-likeness (QED) is 0.278. The summed E-state index contributed by atoms with van der Waals surface area (Å²) in [5.74, 6) is 8.23. The van der Waals surface area contributed by atoms with E-state index < -0.39 is 0 Å². The molecule has 1 amide bonds. The zero-order chi connectivity index (χ0) is 28.6. The molecule has 0 saturated carbocycles. The Labute approximate surface area is 248 Å². The van der Waals surface area contributed by atoms with Crippen LogP contribution in [-0.4, -0.2) is 62.9 Å². The van der Waals surface area contributed by atoms with E-state index in [0.29, 0.717) is 10.4 Å². The molecule has 0 bridgehead atoms. The normalized spacial score (nSPS) is 17.8. The second kappa shape index (κ2) is 11.2. The predicted molar refractivity (Wildman–Crippen MR) is 162 cm³/mol. The van der Waals surface area contributed by atoms with Crippen LogP contribution in [0.15, 0.2) is 53.7 Å². The lowest BCUT2D eigenvalue weighted by Gasteiger charge is -2.54. The molecule has 1 spiro atoms. The Morgan fingerprint density at radius 2 is 1.90 bits per heavy atom. The van der Waals surface area contributed by atoms with E-state index in [-0.39, 0.29) is 6.04 Å². The van der Waals surface area contributed by atoms with Crippen molar-refractivity contribution in [3.05, 3.63) is 92.6 Å². The number of pyridine rings is 1. The van der Waals surface area contributed by atoms with E-state index in [1.165, 1.54) is 0 Å². The zero-order valence-electron chi connectivity index (χ0n) is 23.2. The van der Waals surface area contributed by atoms with Crippen molar-refractivity contribution in [2.24, 2.45) is 10.4 Å². The third kappa shape index (κ3) is 5.19. The minimum atomic E-state index is -0.0797. The first-order chi connectivity index (χ1) is 19.9. The molecular weight excluding hydrogens is 554 g/mol. The minimum absolute atomic E-state index is 0.0797. The lowest BCUT2D eigenvalue weighted by molar-refractivity contribution is -0.132. The van der Waals surface area contributed by atoms with E-state index in [1.807, 2.05) is 54.3 Å². The number of rotatable bonds is 3. The van der Waals surface area contributed by atoms with Crippen molar-refractivity contribution >= 4 is 35.1 Å². The molecule has 1 N–H and O–H groups in total. The molecule has 2 saturated heterocycles. The number of halogens is 1. The van der Waals surface area contributed by atoms with Gasteiger partial charge >= 0.3 is 0 Å². The summed E-state index contributed by atoms with van der Waals surface area (Å²) < 4.78 is 2.14. The largest absolute Gasteiger partial charge is 0.344 e. The van der Waals surface area contributed by atoms with Gasteiger partial charge in [-0.1, -0.05) is 36.7 Å². The van der Waals surface area contributed by atoms with Gasteiger partial charge in [-0.2, -0.15) is 0 Å². The van der Waals surface area contributed by atoms with Crippen molar-refractivity contribution < 1.29 is 4.79 Å². The van der Waals surface area contributed by atoms with E-state index in [1.54, 1.807) is 17.5 Å². The van der Waals surface area contributed by atoms with Crippen LogP contribution < -0.4 is 5.32 Å². The summed E-state index contributed by atoms with van der Waals surface area (Å²) in [6, 6.07) is 13.5. The van der Waals surface area contributed by atoms with E-state index in [0.717, 1.165) is 88.6 Å². The first-order valence-electron chi connectivity index (χ1n) is 13.6. The Morgan fingerprint density at radius 3 is 2.54 bits per heavy atom. The van der Waals surface area contributed by atoms with Gasteiger partial charge in [0.1, 0.15) is 22.6 Å². The predicted octanol–water partition coefficient (Wildman–Crippen LogP) is 4.74. The molecular formula is C31H30ClN7OS. The Bertz CT molecular complexity index is 1670. The number of nitrogens with zero attached hydrogens (tertiary/aromatic N) is 6. The van der Waals surface area contributed by atoms with Crippen LogP contribution in [0.3, 0.4) is 0 Å². The Morgan fingerprint density at radius 1 is 1.12 bits per heavy atom. The van der Waals surface area contributed by atoms with Crippen LogP contribution in [0.25, 0.3) is 5.00 Å². The molecule has 0 unspecified atom stereocenters. The van der Waals surface area contributed by atoms with Crippen LogP contribution in [0.1, 0.15) is 58.3 Å². The fraction of sp³-hybridized carbons (Fsp3) is 0.323. The Kier molecular flexibility index (Phi) is 7.47. The van der Waals surface area contributed by atoms with Gasteiger partial charge in [0.25, 0.3) is 0 Å². The number of fused-ring (bicyclic) bond motifs is 3. The molecule has 3 aliphatic rings. The molecule has 208 valence electrons. The van der Waals surface area contributed by atoms with Gasteiger partial charge < -0.3 is 10.2 Å². The highest BCUT2D eigenvalue weighted by molar-refractivity contribution is 7.15. The van der Waals surface area contributed by atoms with Gasteiger partial charge in [-0.25, -0.2) is 4.98 Å². The molecule has 0 aliphatic carbocycles. The standard InChI is InChI=1S/C25H20ClN5S.C6H10N2O/c1-4-20-24-30-29-16(3)31(24)25-22(23(28-20)17-8-10-18(26)11-9-17)15(2)21(32-25)13-12-19-7-5-6-14-27-19;9-5-8-3-6(4-8)1-7-2-6/h5-11,14,20H,4H2,1-3H3;5,7H,1-4H2/t20-;/m0./s1. The highest BCUT2D eigenvalue weighted by atomic mass is 35.5. The number of hydrogen-bond donors (Lipinski definition) is 1. The molecule has 7 rings (SSSR count). The second-order valence-corrected chi connectivity index (χ2v) is 12.1. The molecule has 3 aliphatic heterocycles. The third-order valence-corrected chi connectivity index (χ3v) is 9.14. The van der Waals surface area contributed by atoms with Crippen molar-refractivity contribution in [3.63, 3.8) is 0 Å². The van der Waals surface area contributed by atoms with Gasteiger partial charge in [-0.3, -0.25) is 14.4 Å². The van der Waals surface area contributed by atoms with Gasteiger partial charge in [0.05, 0.1) is 10.6 Å². The SMILES string of the molecule is CC[C@@H]1N=C(c2ccc(Cl)cc2)c2c(sc(C#Cc3ccccn3)c2C)-n2c(C)nnc21.O=CN1CC2(CNC2)C1. The summed E-state index contributed by atoms with van der Waals surface area (Å²) >= 11 is 7.81. The van der Waals surface area contributed by atoms with Gasteiger partial charge in [-0.15, -0.1) is 21.5 Å². The average Bonchev–Trinajstić information content (AvgIpc) is 3.43. The average molecular weight is 584 g/mol. The van der Waals surface area contributed by atoms with E-state index >= 15 is 0 Å². The summed E-state index contributed by atoms with van der Waals surface area (Å²) in [5, 5.41) is 13.8. The van der Waals surface area contributed by atoms with Crippen LogP contribution in [0.5, 0.6) is 0 Å². The topological polar surface area (TPSA) is 88.3 Å². The number of thiophene rings is 1. The second-order valence-electron chi connectivity index (χ2n) is 10.7. The number of hydrogen-bond acceptors (Lipinski definition) is 7. The molecule has 8 nitrogen and oxygen atoms in total. The highest BCUT2D eigenvalue weighted by Gasteiger charge is 2.46. The van der Waals surface area contributed by atoms with Crippen LogP contribution in [-0.2, 0) is 4.79 Å². The minimum Gasteiger partial charge on any atom is -0.344 e. The fourth-order valence-electron chi connectivity index (χ4n) is 5.43. The summed E-state index contributed by atoms with van der Waals surface area (Å²) in [5.41, 5.74) is 5.37. The van der Waals surface area contributed by atoms with Crippen LogP contribution >= 0.6 is 22.9 Å². The number of carbonyl (C=O) groups is 1. The highest BCUT2D eigenvalue weighted by Crippen LogP contribution is 2.39. The zero-order valence-corrected chi connectivity index (χ0v) is 24.8. The van der Waals surface area contributed by atoms with Crippen molar-refractivity contribution in [3.8, 4) is 16.8 Å². The number of benzene rings is 1. The van der Waals surface area contributed by atoms with E-state index in [4.69, 9.17) is 16.6 Å². The van der Waals surface area contributed by atoms with E-state index in [9.17, 15) is 4.79 Å². The first-order valence-corrected chi connectivity index (χ1v) is 14.8. The number of aromatic nitrogens is 4. The van der Waals surface area contributed by atoms with Gasteiger partial charge in [-0.05, 0) is 61.9 Å². The van der Waals surface area contributed by atoms with Crippen molar-refractivity contribution in [1.29, 1.82) is 0 Å². The maximum Gasteiger partial charge on any atom is 0.209 e. The fourth-order valence-corrected chi connectivity index (χ4v) is 6.77. The smallest absolute Gasteiger partial charge is 0.209 e. The number of aliphatic imine (C=N–C) groups is 1. The molecule has 0 radical (unpaired) electrons. The number of carbonyl (C=O) groups excluding carboxylic acids is 1. The monoisotopic (exact) mass is 583 g/mol. The van der Waals surface area contributed by atoms with Crippen LogP contribution in [0.4, 0.5) is 0 Å². The van der Waals surface area contributed by atoms with Crippen molar-refractivity contribution in [2.75, 3.05) is 26.2 Å². The molecule has 4 aromatic rings. The van der Waals surface area contributed by atoms with Crippen LogP contribution in [0, 0.1) is 31.1 Å². The van der Waals surface area contributed by atoms with Gasteiger partial charge in [0.15, 0.2) is 5.82 Å². The first kappa shape index (κ1) is 27.3. The Hall–Kier alpha value is -3.84. The maximum absolute atomic E-state index is 10.1. The lowest BCUT2D eigenvalue weighted by Crippen LogP contribution is -2.70. The summed E-state index contributed by atoms with van der Waals surface area (Å²) in [4.78, 5) is 22.4. The van der Waals surface area contributed by atoms with E-state index in [2.05, 4.69) is 50.8 Å². The number of nitrogens with one attached hydrogen (secondary N) is 1. The molecule has 6 heterocycles. The molecule has 2 fully saturated rings. The third-order valence-electron chi connectivity index (χ3n) is 7.70. The van der Waals surface area contributed by atoms with Crippen molar-refractivity contribution in [1.82, 2.24) is 30.0 Å². The van der Waals surface area contributed by atoms with Gasteiger partial charge in [0.2, 0.25) is 6.41 Å². The lowest BCUT2D eigenvalue weighted by atomic mass is 9.75. The number of amides is 1. The van der Waals surface area contributed by atoms with Crippen LogP contribution in [0.2, 0.25) is 5.02 Å². The summed E-state index contributed by atoms with van der Waals surface area (Å²) in [7, 11) is 0. The Balaban J connectivity index is 0.000000283. The molecule has 3 aromatic heterocycles. The summed E-state index contributed by atoms with van der Waals surface area (Å²) in [6.07, 6.45) is 3.52. The van der Waals surface area contributed by atoms with Crippen molar-refractivity contribution in [2.45, 2.75) is 33.2 Å².